The number of aromatic amines is 1. The Bertz CT molecular complexity index is 1200. The Morgan fingerprint density at radius 1 is 1.07 bits per heavy atom. The van der Waals surface area contributed by atoms with Crippen LogP contribution in [-0.2, 0) is 4.79 Å². The third-order valence-electron chi connectivity index (χ3n) is 4.97. The third-order valence-corrected chi connectivity index (χ3v) is 4.97. The molecule has 2 aromatic heterocycles. The molecule has 7 nitrogen and oxygen atoms in total. The molecule has 9 heteroatoms. The molecular weight excluding hydrogens is 392 g/mol. The van der Waals surface area contributed by atoms with E-state index in [-0.39, 0.29) is 36.4 Å². The van der Waals surface area contributed by atoms with E-state index >= 15 is 0 Å². The summed E-state index contributed by atoms with van der Waals surface area (Å²) in [6, 6.07) is 14.5. The SMILES string of the molecule is O=C1CC(c2noc(-c3cc(-c4ccccc4)n[nH]3)n2)CN1c1cc(F)cc(F)c1. The van der Waals surface area contributed by atoms with Crippen molar-refractivity contribution < 1.29 is 18.1 Å². The van der Waals surface area contributed by atoms with E-state index < -0.39 is 11.6 Å². The summed E-state index contributed by atoms with van der Waals surface area (Å²) < 4.78 is 32.4. The molecule has 1 amide bonds. The van der Waals surface area contributed by atoms with E-state index in [1.807, 2.05) is 30.3 Å². The number of nitrogens with one attached hydrogen (secondary N) is 1. The summed E-state index contributed by atoms with van der Waals surface area (Å²) in [6.45, 7) is 0.207. The van der Waals surface area contributed by atoms with E-state index in [9.17, 15) is 13.6 Å². The monoisotopic (exact) mass is 407 g/mol. The number of hydrogen-bond donors (Lipinski definition) is 1. The lowest BCUT2D eigenvalue weighted by Crippen LogP contribution is -2.24. The van der Waals surface area contributed by atoms with Gasteiger partial charge in [-0.2, -0.15) is 10.1 Å². The van der Waals surface area contributed by atoms with E-state index in [0.717, 1.165) is 29.5 Å². The number of amides is 1. The lowest BCUT2D eigenvalue weighted by molar-refractivity contribution is -0.117. The number of carbonyl (C=O) groups is 1. The molecule has 0 saturated carbocycles. The Hall–Kier alpha value is -3.88. The second kappa shape index (κ2) is 7.18. The van der Waals surface area contributed by atoms with Gasteiger partial charge in [0, 0.05) is 36.2 Å². The number of H-pyrrole nitrogens is 1. The van der Waals surface area contributed by atoms with E-state index in [1.54, 1.807) is 6.07 Å². The van der Waals surface area contributed by atoms with E-state index in [0.29, 0.717) is 11.5 Å². The van der Waals surface area contributed by atoms with Crippen LogP contribution in [0, 0.1) is 11.6 Å². The summed E-state index contributed by atoms with van der Waals surface area (Å²) in [5.74, 6) is -1.48. The van der Waals surface area contributed by atoms with Crippen molar-refractivity contribution in [3.63, 3.8) is 0 Å². The number of anilines is 1. The molecule has 1 saturated heterocycles. The predicted molar refractivity (Wildman–Crippen MR) is 103 cm³/mol. The zero-order valence-corrected chi connectivity index (χ0v) is 15.5. The van der Waals surface area contributed by atoms with Gasteiger partial charge < -0.3 is 9.42 Å². The fourth-order valence-corrected chi connectivity index (χ4v) is 3.52. The number of rotatable bonds is 4. The minimum Gasteiger partial charge on any atom is -0.332 e. The number of aromatic nitrogens is 4. The first-order valence-electron chi connectivity index (χ1n) is 9.28. The molecule has 0 radical (unpaired) electrons. The normalized spacial score (nSPS) is 16.4. The highest BCUT2D eigenvalue weighted by molar-refractivity contribution is 5.96. The van der Waals surface area contributed by atoms with Crippen LogP contribution in [0.2, 0.25) is 0 Å². The largest absolute Gasteiger partial charge is 0.332 e. The molecule has 2 aromatic carbocycles. The maximum absolute atomic E-state index is 13.5. The second-order valence-electron chi connectivity index (χ2n) is 7.02. The molecule has 1 fully saturated rings. The lowest BCUT2D eigenvalue weighted by Gasteiger charge is -2.16. The maximum Gasteiger partial charge on any atom is 0.275 e. The van der Waals surface area contributed by atoms with Crippen molar-refractivity contribution in [2.75, 3.05) is 11.4 Å². The van der Waals surface area contributed by atoms with Crippen LogP contribution < -0.4 is 4.90 Å². The first-order valence-corrected chi connectivity index (χ1v) is 9.28. The zero-order valence-electron chi connectivity index (χ0n) is 15.5. The minimum absolute atomic E-state index is 0.120. The molecule has 0 bridgehead atoms. The molecule has 150 valence electrons. The smallest absolute Gasteiger partial charge is 0.275 e. The number of benzene rings is 2. The van der Waals surface area contributed by atoms with Crippen LogP contribution in [0.3, 0.4) is 0 Å². The topological polar surface area (TPSA) is 87.9 Å². The fourth-order valence-electron chi connectivity index (χ4n) is 3.52. The molecule has 1 aliphatic heterocycles. The third kappa shape index (κ3) is 3.34. The summed E-state index contributed by atoms with van der Waals surface area (Å²) in [7, 11) is 0. The molecule has 3 heterocycles. The van der Waals surface area contributed by atoms with E-state index in [2.05, 4.69) is 20.3 Å². The zero-order chi connectivity index (χ0) is 20.7. The van der Waals surface area contributed by atoms with E-state index in [4.69, 9.17) is 4.52 Å². The first-order chi connectivity index (χ1) is 14.6. The standard InChI is InChI=1S/C21H15F2N5O2/c22-14-7-15(23)9-16(8-14)28-11-13(6-19(28)29)20-24-21(30-27-20)18-10-17(25-26-18)12-4-2-1-3-5-12/h1-5,7-10,13H,6,11H2,(H,25,26). The van der Waals surface area contributed by atoms with Crippen molar-refractivity contribution in [1.29, 1.82) is 0 Å². The van der Waals surface area contributed by atoms with Gasteiger partial charge in [-0.25, -0.2) is 8.78 Å². The maximum atomic E-state index is 13.5. The number of halogens is 2. The van der Waals surface area contributed by atoms with Crippen molar-refractivity contribution in [3.8, 4) is 22.8 Å². The highest BCUT2D eigenvalue weighted by Crippen LogP contribution is 2.32. The van der Waals surface area contributed by atoms with Crippen molar-refractivity contribution in [2.45, 2.75) is 12.3 Å². The van der Waals surface area contributed by atoms with Gasteiger partial charge in [-0.3, -0.25) is 9.89 Å². The van der Waals surface area contributed by atoms with Crippen LogP contribution in [0.25, 0.3) is 22.8 Å². The fraction of sp³-hybridized carbons (Fsp3) is 0.143. The van der Waals surface area contributed by atoms with Crippen LogP contribution >= 0.6 is 0 Å². The summed E-state index contributed by atoms with van der Waals surface area (Å²) in [4.78, 5) is 18.1. The average molecular weight is 407 g/mol. The highest BCUT2D eigenvalue weighted by Gasteiger charge is 2.35. The molecule has 1 unspecified atom stereocenters. The van der Waals surface area contributed by atoms with Crippen molar-refractivity contribution >= 4 is 11.6 Å². The molecule has 5 rings (SSSR count). The van der Waals surface area contributed by atoms with Crippen molar-refractivity contribution in [3.05, 3.63) is 72.1 Å². The Labute approximate surface area is 169 Å². The highest BCUT2D eigenvalue weighted by atomic mass is 19.1. The van der Waals surface area contributed by atoms with E-state index in [1.165, 1.54) is 4.90 Å². The number of carbonyl (C=O) groups excluding carboxylic acids is 1. The van der Waals surface area contributed by atoms with Crippen LogP contribution in [0.1, 0.15) is 18.2 Å². The average Bonchev–Trinajstić information content (AvgIpc) is 3.47. The number of hydrogen-bond acceptors (Lipinski definition) is 5. The van der Waals surface area contributed by atoms with Crippen LogP contribution in [0.5, 0.6) is 0 Å². The van der Waals surface area contributed by atoms with Crippen LogP contribution in [-0.4, -0.2) is 32.8 Å². The van der Waals surface area contributed by atoms with Gasteiger partial charge in [0.1, 0.15) is 17.3 Å². The van der Waals surface area contributed by atoms with Crippen molar-refractivity contribution in [1.82, 2.24) is 20.3 Å². The first kappa shape index (κ1) is 18.2. The molecule has 0 spiro atoms. The second-order valence-corrected chi connectivity index (χ2v) is 7.02. The van der Waals surface area contributed by atoms with Gasteiger partial charge >= 0.3 is 0 Å². The van der Waals surface area contributed by atoms with Gasteiger partial charge in [-0.15, -0.1) is 0 Å². The Morgan fingerprint density at radius 2 is 1.83 bits per heavy atom. The Balaban J connectivity index is 1.36. The molecule has 1 aliphatic rings. The molecule has 30 heavy (non-hydrogen) atoms. The molecule has 1 atom stereocenters. The quantitative estimate of drug-likeness (QED) is 0.554. The summed E-state index contributed by atoms with van der Waals surface area (Å²) in [5.41, 5.74) is 2.41. The van der Waals surface area contributed by atoms with Gasteiger partial charge in [0.25, 0.3) is 5.89 Å². The summed E-state index contributed by atoms with van der Waals surface area (Å²) >= 11 is 0. The van der Waals surface area contributed by atoms with Gasteiger partial charge in [0.05, 0.1) is 5.69 Å². The molecule has 4 aromatic rings. The van der Waals surface area contributed by atoms with Gasteiger partial charge in [-0.1, -0.05) is 35.5 Å². The Kier molecular flexibility index (Phi) is 4.35. The minimum atomic E-state index is -0.739. The van der Waals surface area contributed by atoms with Gasteiger partial charge in [0.15, 0.2) is 5.82 Å². The van der Waals surface area contributed by atoms with Gasteiger partial charge in [-0.05, 0) is 18.2 Å². The summed E-state index contributed by atoms with van der Waals surface area (Å²) in [5, 5.41) is 11.1. The molecular formula is C21H15F2N5O2. The van der Waals surface area contributed by atoms with Crippen LogP contribution in [0.15, 0.2) is 59.1 Å². The van der Waals surface area contributed by atoms with Crippen LogP contribution in [0.4, 0.5) is 14.5 Å². The summed E-state index contributed by atoms with van der Waals surface area (Å²) in [6.07, 6.45) is 0.120. The Morgan fingerprint density at radius 3 is 2.60 bits per heavy atom. The van der Waals surface area contributed by atoms with Crippen molar-refractivity contribution in [2.24, 2.45) is 0 Å². The van der Waals surface area contributed by atoms with Gasteiger partial charge in [0.2, 0.25) is 5.91 Å². The number of nitrogens with zero attached hydrogens (tertiary/aromatic N) is 4. The lowest BCUT2D eigenvalue weighted by atomic mass is 10.1. The predicted octanol–water partition coefficient (Wildman–Crippen LogP) is 3.93. The molecule has 0 aliphatic carbocycles. The molecule has 1 N–H and O–H groups in total.